The smallest absolute Gasteiger partial charge is 0.135 e. The number of rotatable bonds is 4. The molecule has 0 N–H and O–H groups in total. The Kier molecular flexibility index (Phi) is 5.78. The average molecular weight is 618 g/mol. The van der Waals surface area contributed by atoms with Crippen LogP contribution in [0.5, 0.6) is 0 Å². The van der Waals surface area contributed by atoms with Crippen molar-refractivity contribution in [3.05, 3.63) is 164 Å². The number of hydrogen-bond acceptors (Lipinski definition) is 3. The molecule has 0 aliphatic carbocycles. The van der Waals surface area contributed by atoms with Crippen molar-refractivity contribution in [2.24, 2.45) is 0 Å². The molecule has 10 aromatic rings. The Balaban J connectivity index is 1.13. The molecule has 2 heterocycles. The molecule has 2 nitrogen and oxygen atoms in total. The van der Waals surface area contributed by atoms with E-state index in [1.165, 1.54) is 52.8 Å². The summed E-state index contributed by atoms with van der Waals surface area (Å²) in [5, 5.41) is 9.87. The van der Waals surface area contributed by atoms with Crippen molar-refractivity contribution in [3.8, 4) is 11.1 Å². The van der Waals surface area contributed by atoms with E-state index >= 15 is 0 Å². The van der Waals surface area contributed by atoms with Gasteiger partial charge in [-0.05, 0) is 93.3 Å². The van der Waals surface area contributed by atoms with Crippen LogP contribution in [0.4, 0.5) is 17.1 Å². The third kappa shape index (κ3) is 4.25. The Hall–Kier alpha value is -5.90. The van der Waals surface area contributed by atoms with E-state index in [1.54, 1.807) is 0 Å². The largest absolute Gasteiger partial charge is 0.456 e. The lowest BCUT2D eigenvalue weighted by molar-refractivity contribution is 0.669. The fraction of sp³-hybridized carbons (Fsp3) is 0. The molecule has 47 heavy (non-hydrogen) atoms. The van der Waals surface area contributed by atoms with Crippen LogP contribution in [0.1, 0.15) is 0 Å². The second-order valence-corrected chi connectivity index (χ2v) is 13.2. The summed E-state index contributed by atoms with van der Waals surface area (Å²) in [7, 11) is 0. The van der Waals surface area contributed by atoms with E-state index in [0.717, 1.165) is 39.0 Å². The van der Waals surface area contributed by atoms with Crippen molar-refractivity contribution in [2.45, 2.75) is 0 Å². The van der Waals surface area contributed by atoms with Crippen LogP contribution in [-0.2, 0) is 0 Å². The van der Waals surface area contributed by atoms with Crippen molar-refractivity contribution in [3.63, 3.8) is 0 Å². The zero-order valence-corrected chi connectivity index (χ0v) is 26.2. The first-order chi connectivity index (χ1) is 23.3. The van der Waals surface area contributed by atoms with Crippen molar-refractivity contribution in [1.82, 2.24) is 0 Å². The maximum atomic E-state index is 6.20. The van der Waals surface area contributed by atoms with E-state index < -0.39 is 0 Å². The number of hydrogen-bond donors (Lipinski definition) is 0. The quantitative estimate of drug-likeness (QED) is 0.183. The molecular weight excluding hydrogens is 591 g/mol. The summed E-state index contributed by atoms with van der Waals surface area (Å²) in [6.07, 6.45) is 0. The van der Waals surface area contributed by atoms with Gasteiger partial charge in [0.25, 0.3) is 0 Å². The minimum Gasteiger partial charge on any atom is -0.456 e. The molecule has 0 fully saturated rings. The molecule has 0 aliphatic rings. The first-order valence-corrected chi connectivity index (χ1v) is 16.7. The van der Waals surface area contributed by atoms with Crippen LogP contribution in [-0.4, -0.2) is 0 Å². The zero-order chi connectivity index (χ0) is 30.9. The molecule has 10 rings (SSSR count). The van der Waals surface area contributed by atoms with Crippen LogP contribution in [0.25, 0.3) is 74.8 Å². The van der Waals surface area contributed by atoms with E-state index in [1.807, 2.05) is 23.5 Å². The number of para-hydroxylation sites is 1. The highest BCUT2D eigenvalue weighted by atomic mass is 32.1. The molecule has 0 amide bonds. The molecule has 2 aromatic heterocycles. The number of anilines is 3. The molecule has 0 unspecified atom stereocenters. The number of benzene rings is 8. The number of nitrogens with zero attached hydrogens (tertiary/aromatic N) is 1. The molecule has 0 radical (unpaired) electrons. The fourth-order valence-corrected chi connectivity index (χ4v) is 8.28. The highest BCUT2D eigenvalue weighted by Crippen LogP contribution is 2.42. The van der Waals surface area contributed by atoms with Crippen LogP contribution in [0.15, 0.2) is 168 Å². The van der Waals surface area contributed by atoms with Gasteiger partial charge in [0.15, 0.2) is 0 Å². The van der Waals surface area contributed by atoms with Gasteiger partial charge in [-0.2, -0.15) is 0 Å². The van der Waals surface area contributed by atoms with E-state index in [4.69, 9.17) is 4.42 Å². The lowest BCUT2D eigenvalue weighted by Gasteiger charge is -2.26. The summed E-state index contributed by atoms with van der Waals surface area (Å²) < 4.78 is 8.85. The minimum absolute atomic E-state index is 0.895. The van der Waals surface area contributed by atoms with E-state index in [0.29, 0.717) is 0 Å². The van der Waals surface area contributed by atoms with Gasteiger partial charge in [0.05, 0.1) is 0 Å². The third-order valence-electron chi connectivity index (χ3n) is 9.44. The van der Waals surface area contributed by atoms with Crippen molar-refractivity contribution < 1.29 is 4.42 Å². The van der Waals surface area contributed by atoms with Crippen molar-refractivity contribution >= 4 is 92.1 Å². The Morgan fingerprint density at radius 2 is 0.957 bits per heavy atom. The Bertz CT molecular complexity index is 2810. The van der Waals surface area contributed by atoms with Crippen LogP contribution in [0.2, 0.25) is 0 Å². The van der Waals surface area contributed by atoms with E-state index in [9.17, 15) is 0 Å². The van der Waals surface area contributed by atoms with Gasteiger partial charge < -0.3 is 9.32 Å². The molecule has 0 atom stereocenters. The molecule has 8 aromatic carbocycles. The average Bonchev–Trinajstić information content (AvgIpc) is 3.70. The van der Waals surface area contributed by atoms with Gasteiger partial charge in [0, 0.05) is 48.0 Å². The summed E-state index contributed by atoms with van der Waals surface area (Å²) in [5.41, 5.74) is 7.53. The van der Waals surface area contributed by atoms with Gasteiger partial charge in [-0.15, -0.1) is 11.3 Å². The van der Waals surface area contributed by atoms with Crippen LogP contribution < -0.4 is 4.90 Å². The van der Waals surface area contributed by atoms with Gasteiger partial charge in [0.1, 0.15) is 11.2 Å². The molecule has 0 saturated carbocycles. The van der Waals surface area contributed by atoms with Gasteiger partial charge >= 0.3 is 0 Å². The number of thiophene rings is 1. The SMILES string of the molecule is c1ccc2c(c1)ccc1ccc(N(c3ccc(-c4ccc5c(c4)sc4ccccc45)cc3)c3ccc4oc5ccccc5c4c3)cc12. The predicted octanol–water partition coefficient (Wildman–Crippen LogP) is 13.4. The number of furan rings is 1. The second-order valence-electron chi connectivity index (χ2n) is 12.2. The topological polar surface area (TPSA) is 16.4 Å². The molecule has 0 saturated heterocycles. The van der Waals surface area contributed by atoms with Crippen LogP contribution in [0, 0.1) is 0 Å². The maximum Gasteiger partial charge on any atom is 0.135 e. The fourth-order valence-electron chi connectivity index (χ4n) is 7.14. The molecule has 0 bridgehead atoms. The Morgan fingerprint density at radius 3 is 1.83 bits per heavy atom. The third-order valence-corrected chi connectivity index (χ3v) is 10.6. The molecular formula is C44H27NOS. The summed E-state index contributed by atoms with van der Waals surface area (Å²) in [4.78, 5) is 2.36. The van der Waals surface area contributed by atoms with Crippen LogP contribution in [0.3, 0.4) is 0 Å². The molecule has 220 valence electrons. The van der Waals surface area contributed by atoms with Crippen molar-refractivity contribution in [1.29, 1.82) is 0 Å². The highest BCUT2D eigenvalue weighted by molar-refractivity contribution is 7.25. The van der Waals surface area contributed by atoms with Gasteiger partial charge in [0.2, 0.25) is 0 Å². The highest BCUT2D eigenvalue weighted by Gasteiger charge is 2.17. The summed E-state index contributed by atoms with van der Waals surface area (Å²) in [6.45, 7) is 0. The second kappa shape index (κ2) is 10.3. The monoisotopic (exact) mass is 617 g/mol. The van der Waals surface area contributed by atoms with Gasteiger partial charge in [-0.3, -0.25) is 0 Å². The summed E-state index contributed by atoms with van der Waals surface area (Å²) >= 11 is 1.86. The lowest BCUT2D eigenvalue weighted by atomic mass is 10.0. The number of fused-ring (bicyclic) bond motifs is 9. The summed E-state index contributed by atoms with van der Waals surface area (Å²) in [6, 6.07) is 59.2. The predicted molar refractivity (Wildman–Crippen MR) is 202 cm³/mol. The normalized spacial score (nSPS) is 11.8. The lowest BCUT2D eigenvalue weighted by Crippen LogP contribution is -2.09. The van der Waals surface area contributed by atoms with Crippen LogP contribution >= 0.6 is 11.3 Å². The zero-order valence-electron chi connectivity index (χ0n) is 25.4. The van der Waals surface area contributed by atoms with Gasteiger partial charge in [-0.1, -0.05) is 103 Å². The Morgan fingerprint density at radius 1 is 0.362 bits per heavy atom. The standard InChI is InChI=1S/C44H27NOS/c1-2-8-35-29(7-1)13-14-30-17-21-33(26-39(30)35)45(34-22-24-42-40(27-34)36-9-3-5-11-41(36)46-42)32-19-15-28(16-20-32)31-18-23-38-37-10-4-6-12-43(37)47-44(38)25-31/h1-27H. The van der Waals surface area contributed by atoms with Gasteiger partial charge in [-0.25, -0.2) is 0 Å². The molecule has 0 spiro atoms. The first kappa shape index (κ1) is 26.3. The van der Waals surface area contributed by atoms with E-state index in [2.05, 4.69) is 157 Å². The minimum atomic E-state index is 0.895. The first-order valence-electron chi connectivity index (χ1n) is 15.9. The van der Waals surface area contributed by atoms with E-state index in [-0.39, 0.29) is 0 Å². The molecule has 0 aliphatic heterocycles. The molecule has 3 heteroatoms. The van der Waals surface area contributed by atoms with Crippen molar-refractivity contribution in [2.75, 3.05) is 4.90 Å². The Labute approximate surface area is 275 Å². The summed E-state index contributed by atoms with van der Waals surface area (Å²) in [5.74, 6) is 0. The maximum absolute atomic E-state index is 6.20.